The molecule has 0 aliphatic carbocycles. The highest BCUT2D eigenvalue weighted by atomic mass is 16.6. The number of carbonyl (C=O) groups is 2. The second-order valence-electron chi connectivity index (χ2n) is 8.04. The number of epoxide rings is 1. The zero-order chi connectivity index (χ0) is 21.1. The average molecular weight is 405 g/mol. The van der Waals surface area contributed by atoms with Gasteiger partial charge in [-0.15, -0.1) is 0 Å². The molecule has 6 heteroatoms. The van der Waals surface area contributed by atoms with Crippen LogP contribution in [0.3, 0.4) is 0 Å². The number of Topliss-reactive ketones (excluding diaryl/α,β-unsaturated/α-hetero) is 1. The Hall–Kier alpha value is -2.96. The van der Waals surface area contributed by atoms with E-state index in [-0.39, 0.29) is 11.7 Å². The summed E-state index contributed by atoms with van der Waals surface area (Å²) in [6, 6.07) is 16.6. The molecule has 3 atom stereocenters. The molecule has 1 fully saturated rings. The van der Waals surface area contributed by atoms with Crippen molar-refractivity contribution in [3.63, 3.8) is 0 Å². The van der Waals surface area contributed by atoms with Gasteiger partial charge >= 0.3 is 0 Å². The molecule has 4 rings (SSSR count). The number of rotatable bonds is 9. The molecular weight excluding hydrogens is 378 g/mol. The number of H-pyrrole nitrogens is 1. The van der Waals surface area contributed by atoms with Crippen LogP contribution in [-0.4, -0.2) is 48.0 Å². The van der Waals surface area contributed by atoms with Gasteiger partial charge in [0.25, 0.3) is 0 Å². The van der Waals surface area contributed by atoms with Crippen LogP contribution in [0.15, 0.2) is 60.8 Å². The van der Waals surface area contributed by atoms with E-state index in [1.807, 2.05) is 60.8 Å². The van der Waals surface area contributed by atoms with E-state index in [4.69, 9.17) is 4.74 Å². The van der Waals surface area contributed by atoms with E-state index in [1.54, 1.807) is 14.0 Å². The fourth-order valence-corrected chi connectivity index (χ4v) is 3.80. The third-order valence-corrected chi connectivity index (χ3v) is 5.78. The standard InChI is InChI=1S/C24H27N3O3/c1-24(15-30-24)22(28)20(12-16-8-4-3-5-9-16)27-23(29)21(25-2)13-17-14-26-19-11-7-6-10-18(17)19/h3-11,14,20-21,25-26H,12-13,15H2,1-2H3,(H,27,29). The number of hydrogen-bond donors (Lipinski definition) is 3. The van der Waals surface area contributed by atoms with Gasteiger partial charge in [-0.3, -0.25) is 9.59 Å². The molecule has 1 amide bonds. The van der Waals surface area contributed by atoms with Crippen LogP contribution in [0.1, 0.15) is 18.1 Å². The van der Waals surface area contributed by atoms with Crippen molar-refractivity contribution in [2.24, 2.45) is 0 Å². The Morgan fingerprint density at radius 1 is 1.07 bits per heavy atom. The normalized spacial score (nSPS) is 19.9. The molecule has 1 aliphatic rings. The Bertz CT molecular complexity index is 1040. The fraction of sp³-hybridized carbons (Fsp3) is 0.333. The molecule has 156 valence electrons. The van der Waals surface area contributed by atoms with Gasteiger partial charge in [-0.25, -0.2) is 0 Å². The molecule has 0 radical (unpaired) electrons. The molecule has 0 saturated carbocycles. The van der Waals surface area contributed by atoms with E-state index in [2.05, 4.69) is 15.6 Å². The maximum atomic E-state index is 13.1. The van der Waals surface area contributed by atoms with Crippen LogP contribution in [0.2, 0.25) is 0 Å². The predicted octanol–water partition coefficient (Wildman–Crippen LogP) is 2.38. The summed E-state index contributed by atoms with van der Waals surface area (Å²) in [5, 5.41) is 7.18. The highest BCUT2D eigenvalue weighted by Gasteiger charge is 2.50. The minimum atomic E-state index is -0.793. The summed E-state index contributed by atoms with van der Waals surface area (Å²) >= 11 is 0. The van der Waals surface area contributed by atoms with Gasteiger partial charge in [0.15, 0.2) is 5.78 Å². The Morgan fingerprint density at radius 2 is 1.77 bits per heavy atom. The number of aromatic amines is 1. The number of carbonyl (C=O) groups excluding carboxylic acids is 2. The van der Waals surface area contributed by atoms with E-state index >= 15 is 0 Å². The molecular formula is C24H27N3O3. The molecule has 2 aromatic carbocycles. The van der Waals surface area contributed by atoms with Crippen molar-refractivity contribution < 1.29 is 14.3 Å². The quantitative estimate of drug-likeness (QED) is 0.477. The number of nitrogens with one attached hydrogen (secondary N) is 3. The van der Waals surface area contributed by atoms with Gasteiger partial charge in [-0.05, 0) is 44.0 Å². The van der Waals surface area contributed by atoms with Gasteiger partial charge in [0.05, 0.1) is 18.7 Å². The first-order valence-electron chi connectivity index (χ1n) is 10.2. The lowest BCUT2D eigenvalue weighted by molar-refractivity contribution is -0.131. The van der Waals surface area contributed by atoms with Crippen LogP contribution in [0.4, 0.5) is 0 Å². The van der Waals surface area contributed by atoms with E-state index in [9.17, 15) is 9.59 Å². The summed E-state index contributed by atoms with van der Waals surface area (Å²) in [5.41, 5.74) is 2.30. The van der Waals surface area contributed by atoms with Crippen LogP contribution in [0.5, 0.6) is 0 Å². The molecule has 0 bridgehead atoms. The lowest BCUT2D eigenvalue weighted by Gasteiger charge is -2.23. The molecule has 1 saturated heterocycles. The number of fused-ring (bicyclic) bond motifs is 1. The highest BCUT2D eigenvalue weighted by molar-refractivity contribution is 5.97. The lowest BCUT2D eigenvalue weighted by atomic mass is 9.94. The van der Waals surface area contributed by atoms with Crippen LogP contribution in [0.25, 0.3) is 10.9 Å². The summed E-state index contributed by atoms with van der Waals surface area (Å²) in [7, 11) is 1.76. The summed E-state index contributed by atoms with van der Waals surface area (Å²) in [6.45, 7) is 2.18. The Labute approximate surface area is 176 Å². The molecule has 6 nitrogen and oxygen atoms in total. The zero-order valence-corrected chi connectivity index (χ0v) is 17.3. The van der Waals surface area contributed by atoms with Gasteiger partial charge in [0, 0.05) is 17.1 Å². The number of amides is 1. The first-order valence-corrected chi connectivity index (χ1v) is 10.2. The van der Waals surface area contributed by atoms with Crippen molar-refractivity contribution in [1.82, 2.24) is 15.6 Å². The summed E-state index contributed by atoms with van der Waals surface area (Å²) < 4.78 is 5.36. The second kappa shape index (κ2) is 8.42. The summed E-state index contributed by atoms with van der Waals surface area (Å²) in [4.78, 5) is 29.4. The summed E-state index contributed by atoms with van der Waals surface area (Å²) in [5.74, 6) is -0.275. The number of benzene rings is 2. The van der Waals surface area contributed by atoms with E-state index < -0.39 is 17.7 Å². The Kier molecular flexibility index (Phi) is 5.70. The zero-order valence-electron chi connectivity index (χ0n) is 17.3. The van der Waals surface area contributed by atoms with E-state index in [1.165, 1.54) is 0 Å². The minimum Gasteiger partial charge on any atom is -0.361 e. The van der Waals surface area contributed by atoms with Gasteiger partial charge in [0.1, 0.15) is 5.60 Å². The molecule has 3 aromatic rings. The minimum absolute atomic E-state index is 0.0818. The fourth-order valence-electron chi connectivity index (χ4n) is 3.80. The predicted molar refractivity (Wildman–Crippen MR) is 116 cm³/mol. The van der Waals surface area contributed by atoms with E-state index in [0.717, 1.165) is 22.0 Å². The van der Waals surface area contributed by atoms with Crippen LogP contribution in [0, 0.1) is 0 Å². The molecule has 2 heterocycles. The van der Waals surface area contributed by atoms with Gasteiger partial charge in [-0.1, -0.05) is 48.5 Å². The molecule has 1 aromatic heterocycles. The average Bonchev–Trinajstić information content (AvgIpc) is 3.39. The number of hydrogen-bond acceptors (Lipinski definition) is 4. The van der Waals surface area contributed by atoms with Crippen molar-refractivity contribution in [2.45, 2.75) is 37.5 Å². The first kappa shape index (κ1) is 20.3. The molecule has 3 N–H and O–H groups in total. The molecule has 3 unspecified atom stereocenters. The highest BCUT2D eigenvalue weighted by Crippen LogP contribution is 2.29. The topological polar surface area (TPSA) is 86.5 Å². The number of aromatic nitrogens is 1. The van der Waals surface area contributed by atoms with Crippen molar-refractivity contribution in [3.8, 4) is 0 Å². The monoisotopic (exact) mass is 405 g/mol. The Balaban J connectivity index is 1.50. The Morgan fingerprint density at radius 3 is 2.47 bits per heavy atom. The largest absolute Gasteiger partial charge is 0.361 e. The first-order chi connectivity index (χ1) is 14.5. The van der Waals surface area contributed by atoms with E-state index in [0.29, 0.717) is 19.4 Å². The van der Waals surface area contributed by atoms with Crippen LogP contribution in [-0.2, 0) is 27.2 Å². The van der Waals surface area contributed by atoms with Gasteiger partial charge < -0.3 is 20.4 Å². The summed E-state index contributed by atoms with van der Waals surface area (Å²) in [6.07, 6.45) is 2.90. The lowest BCUT2D eigenvalue weighted by Crippen LogP contribution is -2.53. The van der Waals surface area contributed by atoms with Crippen molar-refractivity contribution in [2.75, 3.05) is 13.7 Å². The smallest absolute Gasteiger partial charge is 0.238 e. The molecule has 1 aliphatic heterocycles. The molecule has 0 spiro atoms. The van der Waals surface area contributed by atoms with Gasteiger partial charge in [-0.2, -0.15) is 0 Å². The van der Waals surface area contributed by atoms with Crippen molar-refractivity contribution in [1.29, 1.82) is 0 Å². The van der Waals surface area contributed by atoms with Crippen molar-refractivity contribution >= 4 is 22.6 Å². The molecule has 30 heavy (non-hydrogen) atoms. The SMILES string of the molecule is CNC(Cc1c[nH]c2ccccc12)C(=O)NC(Cc1ccccc1)C(=O)C1(C)CO1. The van der Waals surface area contributed by atoms with Crippen molar-refractivity contribution in [3.05, 3.63) is 71.9 Å². The maximum Gasteiger partial charge on any atom is 0.238 e. The number of ketones is 1. The third-order valence-electron chi connectivity index (χ3n) is 5.78. The maximum absolute atomic E-state index is 13.1. The third kappa shape index (κ3) is 4.30. The number of ether oxygens (including phenoxy) is 1. The van der Waals surface area contributed by atoms with Crippen LogP contribution < -0.4 is 10.6 Å². The second-order valence-corrected chi connectivity index (χ2v) is 8.04. The van der Waals surface area contributed by atoms with Crippen LogP contribution >= 0.6 is 0 Å². The number of para-hydroxylation sites is 1. The number of likely N-dealkylation sites (N-methyl/N-ethyl adjacent to an activating group) is 1. The van der Waals surface area contributed by atoms with Gasteiger partial charge in [0.2, 0.25) is 5.91 Å².